The molecule has 0 unspecified atom stereocenters. The van der Waals surface area contributed by atoms with Crippen molar-refractivity contribution in [2.24, 2.45) is 11.8 Å². The maximum absolute atomic E-state index is 12.4. The number of nitrogens with one attached hydrogen (secondary N) is 2. The van der Waals surface area contributed by atoms with Gasteiger partial charge in [-0.15, -0.1) is 0 Å². The van der Waals surface area contributed by atoms with Crippen molar-refractivity contribution in [2.45, 2.75) is 33.1 Å². The van der Waals surface area contributed by atoms with Crippen LogP contribution in [-0.2, 0) is 4.79 Å². The zero-order valence-corrected chi connectivity index (χ0v) is 14.8. The summed E-state index contributed by atoms with van der Waals surface area (Å²) in [5.74, 6) is 1.41. The van der Waals surface area contributed by atoms with Crippen molar-refractivity contribution in [1.29, 1.82) is 0 Å². The second-order valence-corrected chi connectivity index (χ2v) is 7.01. The summed E-state index contributed by atoms with van der Waals surface area (Å²) in [5.41, 5.74) is 1.31. The highest BCUT2D eigenvalue weighted by Gasteiger charge is 2.28. The highest BCUT2D eigenvalue weighted by Crippen LogP contribution is 2.27. The van der Waals surface area contributed by atoms with Gasteiger partial charge in [0.05, 0.1) is 12.2 Å². The van der Waals surface area contributed by atoms with Crippen LogP contribution in [0.1, 0.15) is 33.1 Å². The van der Waals surface area contributed by atoms with Crippen LogP contribution < -0.4 is 10.2 Å². The number of nitrogens with zero attached hydrogens (tertiary/aromatic N) is 4. The van der Waals surface area contributed by atoms with Gasteiger partial charge in [0.1, 0.15) is 5.52 Å². The number of hydrogen-bond donors (Lipinski definition) is 2. The molecule has 0 aromatic carbocycles. The average Bonchev–Trinajstić information content (AvgIpc) is 3.02. The summed E-state index contributed by atoms with van der Waals surface area (Å²) in [7, 11) is 0. The van der Waals surface area contributed by atoms with Crippen LogP contribution in [0, 0.1) is 11.8 Å². The molecule has 8 heteroatoms. The van der Waals surface area contributed by atoms with Crippen molar-refractivity contribution in [3.05, 3.63) is 11.6 Å². The fourth-order valence-corrected chi connectivity index (χ4v) is 3.19. The lowest BCUT2D eigenvalue weighted by Crippen LogP contribution is -2.43. The summed E-state index contributed by atoms with van der Waals surface area (Å²) in [5, 5.41) is 3.23. The van der Waals surface area contributed by atoms with E-state index < -0.39 is 0 Å². The van der Waals surface area contributed by atoms with Crippen LogP contribution in [0.2, 0.25) is 5.28 Å². The standard InChI is InChI=1S/C16H23ClN6O/c1-10(2)5-6-18-15(24)11-4-3-7-23(8-11)14-12-13(20-9-19-12)21-16(17)22-14/h9-11H,3-8H2,1-2H3,(H,18,24)(H,19,20,21,22)/t11-/m1/s1. The Bertz CT molecular complexity index is 716. The van der Waals surface area contributed by atoms with Crippen LogP contribution in [-0.4, -0.2) is 45.5 Å². The highest BCUT2D eigenvalue weighted by molar-refractivity contribution is 6.28. The topological polar surface area (TPSA) is 86.8 Å². The lowest BCUT2D eigenvalue weighted by molar-refractivity contribution is -0.125. The zero-order chi connectivity index (χ0) is 17.1. The first kappa shape index (κ1) is 17.0. The average molecular weight is 351 g/mol. The predicted octanol–water partition coefficient (Wildman–Crippen LogP) is 2.39. The van der Waals surface area contributed by atoms with E-state index in [0.717, 1.165) is 43.7 Å². The summed E-state index contributed by atoms with van der Waals surface area (Å²) >= 11 is 6.01. The monoisotopic (exact) mass is 350 g/mol. The van der Waals surface area contributed by atoms with Crippen LogP contribution in [0.4, 0.5) is 5.82 Å². The Hall–Kier alpha value is -1.89. The van der Waals surface area contributed by atoms with E-state index in [2.05, 4.69) is 44.0 Å². The Kier molecular flexibility index (Phi) is 5.18. The minimum atomic E-state index is -0.0300. The van der Waals surface area contributed by atoms with E-state index in [0.29, 0.717) is 18.1 Å². The molecule has 0 bridgehead atoms. The summed E-state index contributed by atoms with van der Waals surface area (Å²) in [6.45, 7) is 6.52. The third-order valence-corrected chi connectivity index (χ3v) is 4.52. The molecule has 1 amide bonds. The normalized spacial score (nSPS) is 18.3. The molecule has 1 aliphatic rings. The minimum Gasteiger partial charge on any atom is -0.356 e. The summed E-state index contributed by atoms with van der Waals surface area (Å²) in [4.78, 5) is 30.2. The maximum Gasteiger partial charge on any atom is 0.226 e. The summed E-state index contributed by atoms with van der Waals surface area (Å²) in [6, 6.07) is 0. The zero-order valence-electron chi connectivity index (χ0n) is 14.0. The van der Waals surface area contributed by atoms with Crippen molar-refractivity contribution in [3.63, 3.8) is 0 Å². The van der Waals surface area contributed by atoms with Gasteiger partial charge in [-0.05, 0) is 36.8 Å². The van der Waals surface area contributed by atoms with E-state index in [-0.39, 0.29) is 17.1 Å². The number of aromatic nitrogens is 4. The molecule has 1 saturated heterocycles. The Balaban J connectivity index is 1.71. The molecule has 1 aliphatic heterocycles. The smallest absolute Gasteiger partial charge is 0.226 e. The molecule has 3 rings (SSSR count). The molecule has 0 radical (unpaired) electrons. The van der Waals surface area contributed by atoms with Crippen molar-refractivity contribution in [2.75, 3.05) is 24.5 Å². The van der Waals surface area contributed by atoms with Crippen LogP contribution in [0.5, 0.6) is 0 Å². The Labute approximate surface area is 146 Å². The van der Waals surface area contributed by atoms with Crippen molar-refractivity contribution in [1.82, 2.24) is 25.3 Å². The van der Waals surface area contributed by atoms with Crippen LogP contribution >= 0.6 is 11.6 Å². The van der Waals surface area contributed by atoms with Crippen LogP contribution in [0.3, 0.4) is 0 Å². The first-order chi connectivity index (χ1) is 11.5. The molecule has 24 heavy (non-hydrogen) atoms. The molecule has 2 N–H and O–H groups in total. The second kappa shape index (κ2) is 7.34. The van der Waals surface area contributed by atoms with Gasteiger partial charge in [0.25, 0.3) is 0 Å². The maximum atomic E-state index is 12.4. The van der Waals surface area contributed by atoms with Gasteiger partial charge in [0.15, 0.2) is 11.5 Å². The van der Waals surface area contributed by atoms with E-state index in [1.165, 1.54) is 0 Å². The molecule has 0 aliphatic carbocycles. The molecular formula is C16H23ClN6O. The number of rotatable bonds is 5. The molecule has 1 fully saturated rings. The lowest BCUT2D eigenvalue weighted by Gasteiger charge is -2.33. The molecule has 2 aromatic rings. The largest absolute Gasteiger partial charge is 0.356 e. The Morgan fingerprint density at radius 2 is 2.33 bits per heavy atom. The van der Waals surface area contributed by atoms with E-state index in [1.54, 1.807) is 6.33 Å². The number of carbonyl (C=O) groups excluding carboxylic acids is 1. The van der Waals surface area contributed by atoms with Gasteiger partial charge in [-0.2, -0.15) is 9.97 Å². The first-order valence-electron chi connectivity index (χ1n) is 8.44. The lowest BCUT2D eigenvalue weighted by atomic mass is 9.97. The third-order valence-electron chi connectivity index (χ3n) is 4.35. The Morgan fingerprint density at radius 1 is 1.50 bits per heavy atom. The van der Waals surface area contributed by atoms with Crippen molar-refractivity contribution >= 4 is 34.5 Å². The number of amides is 1. The number of fused-ring (bicyclic) bond motifs is 1. The van der Waals surface area contributed by atoms with Gasteiger partial charge in [-0.3, -0.25) is 4.79 Å². The van der Waals surface area contributed by atoms with Gasteiger partial charge < -0.3 is 15.2 Å². The number of H-pyrrole nitrogens is 1. The van der Waals surface area contributed by atoms with Gasteiger partial charge in [-0.1, -0.05) is 13.8 Å². The minimum absolute atomic E-state index is 0.0300. The molecule has 7 nitrogen and oxygen atoms in total. The number of carbonyl (C=O) groups is 1. The predicted molar refractivity (Wildman–Crippen MR) is 94.1 cm³/mol. The SMILES string of the molecule is CC(C)CCNC(=O)[C@@H]1CCCN(c2nc(Cl)nc3nc[nH]c23)C1. The molecular weight excluding hydrogens is 328 g/mol. The Morgan fingerprint density at radius 3 is 3.12 bits per heavy atom. The third kappa shape index (κ3) is 3.77. The molecule has 0 spiro atoms. The van der Waals surface area contributed by atoms with E-state index in [4.69, 9.17) is 11.6 Å². The number of hydrogen-bond acceptors (Lipinski definition) is 5. The summed E-state index contributed by atoms with van der Waals surface area (Å²) in [6.07, 6.45) is 4.42. The van der Waals surface area contributed by atoms with E-state index in [9.17, 15) is 4.79 Å². The van der Waals surface area contributed by atoms with Crippen molar-refractivity contribution in [3.8, 4) is 0 Å². The van der Waals surface area contributed by atoms with Gasteiger partial charge in [-0.25, -0.2) is 4.98 Å². The number of piperidine rings is 1. The molecule has 3 heterocycles. The van der Waals surface area contributed by atoms with Gasteiger partial charge in [0, 0.05) is 19.6 Å². The second-order valence-electron chi connectivity index (χ2n) is 6.68. The fraction of sp³-hybridized carbons (Fsp3) is 0.625. The number of imidazole rings is 1. The molecule has 130 valence electrons. The molecule has 2 aromatic heterocycles. The first-order valence-corrected chi connectivity index (χ1v) is 8.81. The van der Waals surface area contributed by atoms with Crippen molar-refractivity contribution < 1.29 is 4.79 Å². The molecule has 0 saturated carbocycles. The highest BCUT2D eigenvalue weighted by atomic mass is 35.5. The fourth-order valence-electron chi connectivity index (χ4n) is 3.03. The number of halogens is 1. The van der Waals surface area contributed by atoms with Gasteiger partial charge in [0.2, 0.25) is 11.2 Å². The van der Waals surface area contributed by atoms with Crippen LogP contribution in [0.25, 0.3) is 11.2 Å². The summed E-state index contributed by atoms with van der Waals surface area (Å²) < 4.78 is 0. The molecule has 1 atom stereocenters. The number of aromatic amines is 1. The van der Waals surface area contributed by atoms with E-state index >= 15 is 0 Å². The van der Waals surface area contributed by atoms with E-state index in [1.807, 2.05) is 0 Å². The number of anilines is 1. The van der Waals surface area contributed by atoms with Gasteiger partial charge >= 0.3 is 0 Å². The van der Waals surface area contributed by atoms with Crippen LogP contribution in [0.15, 0.2) is 6.33 Å². The quantitative estimate of drug-likeness (QED) is 0.808.